The number of nitrogens with one attached hydrogen (secondary N) is 2. The number of hydrogen-bond donors (Lipinski definition) is 2. The van der Waals surface area contributed by atoms with Gasteiger partial charge in [-0.05, 0) is 32.4 Å². The van der Waals surface area contributed by atoms with Gasteiger partial charge in [-0.1, -0.05) is 0 Å². The molecule has 0 amide bonds. The number of nitrogens with zero attached hydrogens (tertiary/aromatic N) is 4. The lowest BCUT2D eigenvalue weighted by Gasteiger charge is -2.24. The number of aryl methyl sites for hydroxylation is 2. The Hall–Kier alpha value is -2.00. The van der Waals surface area contributed by atoms with Crippen LogP contribution in [0.1, 0.15) is 35.8 Å². The number of piperidine rings is 1. The van der Waals surface area contributed by atoms with Crippen molar-refractivity contribution in [2.75, 3.05) is 24.7 Å². The Bertz CT molecular complexity index is 856. The molecule has 3 heterocycles. The normalized spacial score (nSPS) is 18.3. The summed E-state index contributed by atoms with van der Waals surface area (Å²) in [5.41, 5.74) is 2.56. The van der Waals surface area contributed by atoms with E-state index in [9.17, 15) is 8.42 Å². The molecule has 0 bridgehead atoms. The van der Waals surface area contributed by atoms with Gasteiger partial charge in [0.2, 0.25) is 5.95 Å². The third-order valence-electron chi connectivity index (χ3n) is 4.39. The molecule has 1 aliphatic heterocycles. The first-order valence-corrected chi connectivity index (χ1v) is 10.2. The quantitative estimate of drug-likeness (QED) is 0.816. The Kier molecular flexibility index (Phi) is 5.05. The van der Waals surface area contributed by atoms with Crippen LogP contribution in [0.4, 0.5) is 5.95 Å². The summed E-state index contributed by atoms with van der Waals surface area (Å²) in [5.74, 6) is 0.521. The van der Waals surface area contributed by atoms with Crippen LogP contribution in [-0.2, 0) is 23.4 Å². The van der Waals surface area contributed by atoms with Crippen molar-refractivity contribution in [1.29, 1.82) is 0 Å². The van der Waals surface area contributed by atoms with Gasteiger partial charge < -0.3 is 10.6 Å². The molecule has 2 aromatic heterocycles. The second-order valence-corrected chi connectivity index (χ2v) is 8.50. The van der Waals surface area contributed by atoms with Crippen LogP contribution in [0.3, 0.4) is 0 Å². The van der Waals surface area contributed by atoms with Gasteiger partial charge in [0.25, 0.3) is 0 Å². The highest BCUT2D eigenvalue weighted by molar-refractivity contribution is 7.90. The zero-order valence-electron chi connectivity index (χ0n) is 14.8. The Labute approximate surface area is 148 Å². The van der Waals surface area contributed by atoms with E-state index in [-0.39, 0.29) is 10.8 Å². The van der Waals surface area contributed by atoms with Crippen molar-refractivity contribution >= 4 is 15.8 Å². The highest BCUT2D eigenvalue weighted by atomic mass is 32.2. The van der Waals surface area contributed by atoms with Crippen LogP contribution in [0.2, 0.25) is 0 Å². The lowest BCUT2D eigenvalue weighted by atomic mass is 9.96. The molecular formula is C16H24N6O2S. The van der Waals surface area contributed by atoms with E-state index in [0.29, 0.717) is 18.2 Å². The van der Waals surface area contributed by atoms with Crippen molar-refractivity contribution in [2.24, 2.45) is 7.05 Å². The minimum atomic E-state index is -3.36. The molecule has 1 saturated heterocycles. The number of rotatable bonds is 5. The van der Waals surface area contributed by atoms with E-state index in [2.05, 4.69) is 25.7 Å². The van der Waals surface area contributed by atoms with Gasteiger partial charge in [0, 0.05) is 25.8 Å². The highest BCUT2D eigenvalue weighted by Crippen LogP contribution is 2.28. The molecule has 0 aliphatic carbocycles. The molecule has 3 rings (SSSR count). The largest absolute Gasteiger partial charge is 0.349 e. The van der Waals surface area contributed by atoms with Gasteiger partial charge in [-0.15, -0.1) is 0 Å². The maximum absolute atomic E-state index is 12.1. The lowest BCUT2D eigenvalue weighted by molar-refractivity contribution is 0.448. The molecule has 1 fully saturated rings. The van der Waals surface area contributed by atoms with Gasteiger partial charge >= 0.3 is 0 Å². The first-order chi connectivity index (χ1) is 11.8. The Balaban J connectivity index is 1.86. The molecule has 0 radical (unpaired) electrons. The molecular weight excluding hydrogens is 340 g/mol. The number of sulfone groups is 1. The summed E-state index contributed by atoms with van der Waals surface area (Å²) in [6, 6.07) is 1.99. The minimum absolute atomic E-state index is 0.0842. The summed E-state index contributed by atoms with van der Waals surface area (Å²) in [6.45, 7) is 4.16. The average Bonchev–Trinajstić information content (AvgIpc) is 2.90. The number of anilines is 1. The molecule has 1 aliphatic rings. The number of hydrogen-bond acceptors (Lipinski definition) is 7. The molecule has 8 nitrogen and oxygen atoms in total. The molecule has 0 spiro atoms. The highest BCUT2D eigenvalue weighted by Gasteiger charge is 2.25. The van der Waals surface area contributed by atoms with Crippen molar-refractivity contribution in [3.63, 3.8) is 0 Å². The molecule has 0 unspecified atom stereocenters. The van der Waals surface area contributed by atoms with Gasteiger partial charge in [-0.25, -0.2) is 18.4 Å². The third-order valence-corrected chi connectivity index (χ3v) is 5.51. The monoisotopic (exact) mass is 364 g/mol. The summed E-state index contributed by atoms with van der Waals surface area (Å²) in [7, 11) is -1.48. The Morgan fingerprint density at radius 2 is 2.24 bits per heavy atom. The predicted octanol–water partition coefficient (Wildman–Crippen LogP) is 1.00. The molecule has 0 saturated carbocycles. The van der Waals surface area contributed by atoms with Gasteiger partial charge in [-0.3, -0.25) is 4.68 Å². The fourth-order valence-corrected chi connectivity index (χ4v) is 3.97. The maximum atomic E-state index is 12.1. The van der Waals surface area contributed by atoms with E-state index in [4.69, 9.17) is 0 Å². The second-order valence-electron chi connectivity index (χ2n) is 6.51. The standard InChI is InChI=1S/C16H24N6O2S/c1-11-7-13(22(2)21-11)9-18-16-19-10-14(25(3,23)24)15(20-16)12-5-4-6-17-8-12/h7,10,12,17H,4-6,8-9H2,1-3H3,(H,18,19,20)/t12-/m1/s1. The molecule has 136 valence electrons. The topological polar surface area (TPSA) is 102 Å². The maximum Gasteiger partial charge on any atom is 0.223 e. The van der Waals surface area contributed by atoms with Crippen LogP contribution < -0.4 is 10.6 Å². The summed E-state index contributed by atoms with van der Waals surface area (Å²) in [5, 5.41) is 10.8. The van der Waals surface area contributed by atoms with Crippen molar-refractivity contribution in [1.82, 2.24) is 25.1 Å². The van der Waals surface area contributed by atoms with Crippen LogP contribution in [0.25, 0.3) is 0 Å². The van der Waals surface area contributed by atoms with Gasteiger partial charge in [-0.2, -0.15) is 5.10 Å². The van der Waals surface area contributed by atoms with E-state index in [0.717, 1.165) is 37.3 Å². The molecule has 2 N–H and O–H groups in total. The van der Waals surface area contributed by atoms with Crippen LogP contribution >= 0.6 is 0 Å². The molecule has 0 aromatic carbocycles. The van der Waals surface area contributed by atoms with Crippen molar-refractivity contribution in [2.45, 2.75) is 37.1 Å². The molecule has 2 aromatic rings. The van der Waals surface area contributed by atoms with Crippen LogP contribution in [0, 0.1) is 6.92 Å². The van der Waals surface area contributed by atoms with Gasteiger partial charge in [0.15, 0.2) is 9.84 Å². The molecule has 9 heteroatoms. The van der Waals surface area contributed by atoms with Crippen LogP contribution in [0.5, 0.6) is 0 Å². The summed E-state index contributed by atoms with van der Waals surface area (Å²) in [6.07, 6.45) is 4.56. The van der Waals surface area contributed by atoms with Crippen molar-refractivity contribution < 1.29 is 8.42 Å². The van der Waals surface area contributed by atoms with Gasteiger partial charge in [0.1, 0.15) is 4.90 Å². The Morgan fingerprint density at radius 3 is 2.84 bits per heavy atom. The lowest BCUT2D eigenvalue weighted by Crippen LogP contribution is -2.30. The smallest absolute Gasteiger partial charge is 0.223 e. The van der Waals surface area contributed by atoms with Crippen molar-refractivity contribution in [3.05, 3.63) is 29.3 Å². The molecule has 1 atom stereocenters. The van der Waals surface area contributed by atoms with Crippen LogP contribution in [-0.4, -0.2) is 47.5 Å². The zero-order valence-corrected chi connectivity index (χ0v) is 15.6. The van der Waals surface area contributed by atoms with Crippen molar-refractivity contribution in [3.8, 4) is 0 Å². The fourth-order valence-electron chi connectivity index (χ4n) is 3.13. The average molecular weight is 364 g/mol. The van der Waals surface area contributed by atoms with E-state index in [1.807, 2.05) is 20.0 Å². The summed E-state index contributed by atoms with van der Waals surface area (Å²) >= 11 is 0. The molecule has 25 heavy (non-hydrogen) atoms. The number of aromatic nitrogens is 4. The SMILES string of the molecule is Cc1cc(CNc2ncc(S(C)(=O)=O)c([C@@H]3CCCNC3)n2)n(C)n1. The third kappa shape index (κ3) is 4.16. The first kappa shape index (κ1) is 17.8. The first-order valence-electron chi connectivity index (χ1n) is 8.35. The van der Waals surface area contributed by atoms with Gasteiger partial charge in [0.05, 0.1) is 29.8 Å². The predicted molar refractivity (Wildman–Crippen MR) is 95.3 cm³/mol. The van der Waals surface area contributed by atoms with Crippen LogP contribution in [0.15, 0.2) is 17.2 Å². The zero-order chi connectivity index (χ0) is 18.0. The Morgan fingerprint density at radius 1 is 1.44 bits per heavy atom. The summed E-state index contributed by atoms with van der Waals surface area (Å²) in [4.78, 5) is 8.97. The fraction of sp³-hybridized carbons (Fsp3) is 0.562. The van der Waals surface area contributed by atoms with E-state index < -0.39 is 9.84 Å². The van der Waals surface area contributed by atoms with E-state index in [1.54, 1.807) is 4.68 Å². The summed E-state index contributed by atoms with van der Waals surface area (Å²) < 4.78 is 26.0. The van der Waals surface area contributed by atoms with E-state index in [1.165, 1.54) is 12.5 Å². The minimum Gasteiger partial charge on any atom is -0.349 e. The second kappa shape index (κ2) is 7.09. The van der Waals surface area contributed by atoms with E-state index >= 15 is 0 Å².